The number of rotatable bonds is 3. The third-order valence-electron chi connectivity index (χ3n) is 2.05. The lowest BCUT2D eigenvalue weighted by Crippen LogP contribution is -2.12. The standard InChI is InChI=1S/C11H14O2/c1-8-4-3-5-10(6-8)7-9(2)11(12)13/h3-6,9H,7H2,1-2H3,(H,12,13). The smallest absolute Gasteiger partial charge is 0.306 e. The summed E-state index contributed by atoms with van der Waals surface area (Å²) in [5, 5.41) is 8.71. The van der Waals surface area contributed by atoms with E-state index in [4.69, 9.17) is 5.11 Å². The monoisotopic (exact) mass is 178 g/mol. The second-order valence-corrected chi connectivity index (χ2v) is 3.43. The van der Waals surface area contributed by atoms with Gasteiger partial charge in [0.1, 0.15) is 0 Å². The first kappa shape index (κ1) is 9.78. The SMILES string of the molecule is Cc1cccc(CC(C)C(=O)O)c1. The van der Waals surface area contributed by atoms with Gasteiger partial charge < -0.3 is 5.11 Å². The first-order chi connectivity index (χ1) is 6.09. The molecule has 0 saturated heterocycles. The Balaban J connectivity index is 2.69. The van der Waals surface area contributed by atoms with Crippen LogP contribution >= 0.6 is 0 Å². The minimum atomic E-state index is -0.735. The largest absolute Gasteiger partial charge is 0.481 e. The number of benzene rings is 1. The highest BCUT2D eigenvalue weighted by atomic mass is 16.4. The van der Waals surface area contributed by atoms with E-state index in [0.29, 0.717) is 6.42 Å². The van der Waals surface area contributed by atoms with Gasteiger partial charge in [0.05, 0.1) is 5.92 Å². The second-order valence-electron chi connectivity index (χ2n) is 3.43. The summed E-state index contributed by atoms with van der Waals surface area (Å²) in [5.41, 5.74) is 2.27. The number of hydrogen-bond donors (Lipinski definition) is 1. The van der Waals surface area contributed by atoms with E-state index in [9.17, 15) is 4.79 Å². The van der Waals surface area contributed by atoms with Crippen LogP contribution in [0.5, 0.6) is 0 Å². The van der Waals surface area contributed by atoms with Crippen LogP contribution in [0, 0.1) is 12.8 Å². The molecule has 0 saturated carbocycles. The summed E-state index contributed by atoms with van der Waals surface area (Å²) < 4.78 is 0. The van der Waals surface area contributed by atoms with Crippen LogP contribution in [0.1, 0.15) is 18.1 Å². The van der Waals surface area contributed by atoms with Crippen LogP contribution < -0.4 is 0 Å². The molecule has 0 fully saturated rings. The minimum absolute atomic E-state index is 0.304. The highest BCUT2D eigenvalue weighted by Crippen LogP contribution is 2.10. The van der Waals surface area contributed by atoms with Crippen LogP contribution in [0.4, 0.5) is 0 Å². The van der Waals surface area contributed by atoms with Crippen molar-refractivity contribution >= 4 is 5.97 Å². The molecule has 0 aliphatic carbocycles. The quantitative estimate of drug-likeness (QED) is 0.770. The molecule has 1 atom stereocenters. The molecule has 0 radical (unpaired) electrons. The van der Waals surface area contributed by atoms with Crippen LogP contribution in [0.3, 0.4) is 0 Å². The molecule has 1 rings (SSSR count). The van der Waals surface area contributed by atoms with E-state index >= 15 is 0 Å². The summed E-state index contributed by atoms with van der Waals surface area (Å²) in [5.74, 6) is -1.04. The van der Waals surface area contributed by atoms with E-state index in [0.717, 1.165) is 5.56 Å². The zero-order chi connectivity index (χ0) is 9.84. The maximum atomic E-state index is 10.6. The highest BCUT2D eigenvalue weighted by Gasteiger charge is 2.10. The second kappa shape index (κ2) is 4.08. The Bertz CT molecular complexity index is 305. The number of aryl methyl sites for hydroxylation is 1. The third kappa shape index (κ3) is 2.90. The van der Waals surface area contributed by atoms with Gasteiger partial charge in [0.25, 0.3) is 0 Å². The summed E-state index contributed by atoms with van der Waals surface area (Å²) in [6.07, 6.45) is 0.608. The van der Waals surface area contributed by atoms with Crippen molar-refractivity contribution in [3.8, 4) is 0 Å². The Hall–Kier alpha value is -1.31. The van der Waals surface area contributed by atoms with E-state index < -0.39 is 5.97 Å². The van der Waals surface area contributed by atoms with Crippen LogP contribution in [-0.2, 0) is 11.2 Å². The van der Waals surface area contributed by atoms with E-state index in [1.807, 2.05) is 31.2 Å². The Labute approximate surface area is 78.2 Å². The topological polar surface area (TPSA) is 37.3 Å². The zero-order valence-corrected chi connectivity index (χ0v) is 7.95. The molecule has 0 spiro atoms. The van der Waals surface area contributed by atoms with Crippen molar-refractivity contribution in [2.45, 2.75) is 20.3 Å². The highest BCUT2D eigenvalue weighted by molar-refractivity contribution is 5.69. The van der Waals surface area contributed by atoms with E-state index in [-0.39, 0.29) is 5.92 Å². The summed E-state index contributed by atoms with van der Waals surface area (Å²) in [6, 6.07) is 7.96. The van der Waals surface area contributed by atoms with E-state index in [2.05, 4.69) is 0 Å². The van der Waals surface area contributed by atoms with Crippen molar-refractivity contribution in [2.24, 2.45) is 5.92 Å². The van der Waals surface area contributed by atoms with Crippen molar-refractivity contribution in [3.05, 3.63) is 35.4 Å². The summed E-state index contributed by atoms with van der Waals surface area (Å²) in [6.45, 7) is 3.74. The molecular weight excluding hydrogens is 164 g/mol. The molecule has 0 aliphatic rings. The maximum absolute atomic E-state index is 10.6. The summed E-state index contributed by atoms with van der Waals surface area (Å²) >= 11 is 0. The fraction of sp³-hybridized carbons (Fsp3) is 0.364. The molecule has 13 heavy (non-hydrogen) atoms. The van der Waals surface area contributed by atoms with E-state index in [1.54, 1.807) is 6.92 Å². The zero-order valence-electron chi connectivity index (χ0n) is 7.95. The molecule has 70 valence electrons. The summed E-state index contributed by atoms with van der Waals surface area (Å²) in [7, 11) is 0. The molecule has 1 N–H and O–H groups in total. The van der Waals surface area contributed by atoms with Crippen molar-refractivity contribution in [1.29, 1.82) is 0 Å². The van der Waals surface area contributed by atoms with Crippen molar-refractivity contribution in [3.63, 3.8) is 0 Å². The molecule has 2 heteroatoms. The predicted molar refractivity (Wildman–Crippen MR) is 51.7 cm³/mol. The molecule has 0 aromatic heterocycles. The van der Waals surface area contributed by atoms with Gasteiger partial charge in [0.15, 0.2) is 0 Å². The maximum Gasteiger partial charge on any atom is 0.306 e. The van der Waals surface area contributed by atoms with Gasteiger partial charge in [-0.1, -0.05) is 36.8 Å². The number of carbonyl (C=O) groups is 1. The van der Waals surface area contributed by atoms with Crippen molar-refractivity contribution in [1.82, 2.24) is 0 Å². The molecule has 1 unspecified atom stereocenters. The van der Waals surface area contributed by atoms with Crippen LogP contribution in [0.25, 0.3) is 0 Å². The van der Waals surface area contributed by atoms with Crippen LogP contribution in [0.2, 0.25) is 0 Å². The van der Waals surface area contributed by atoms with E-state index in [1.165, 1.54) is 5.56 Å². The average Bonchev–Trinajstić information content (AvgIpc) is 2.04. The number of aliphatic carboxylic acids is 1. The Morgan fingerprint density at radius 2 is 2.23 bits per heavy atom. The lowest BCUT2D eigenvalue weighted by Gasteiger charge is -2.06. The number of hydrogen-bond acceptors (Lipinski definition) is 1. The number of carboxylic acids is 1. The molecular formula is C11H14O2. The molecule has 2 nitrogen and oxygen atoms in total. The normalized spacial score (nSPS) is 12.5. The third-order valence-corrected chi connectivity index (χ3v) is 2.05. The fourth-order valence-electron chi connectivity index (χ4n) is 1.28. The van der Waals surface area contributed by atoms with Gasteiger partial charge in [-0.05, 0) is 18.9 Å². The van der Waals surface area contributed by atoms with Crippen LogP contribution in [-0.4, -0.2) is 11.1 Å². The first-order valence-electron chi connectivity index (χ1n) is 4.38. The minimum Gasteiger partial charge on any atom is -0.481 e. The lowest BCUT2D eigenvalue weighted by atomic mass is 10.0. The molecule has 1 aromatic rings. The first-order valence-corrected chi connectivity index (χ1v) is 4.38. The lowest BCUT2D eigenvalue weighted by molar-refractivity contribution is -0.141. The Morgan fingerprint density at radius 1 is 1.54 bits per heavy atom. The molecule has 0 aliphatic heterocycles. The molecule has 1 aromatic carbocycles. The van der Waals surface area contributed by atoms with Gasteiger partial charge in [-0.2, -0.15) is 0 Å². The average molecular weight is 178 g/mol. The van der Waals surface area contributed by atoms with Gasteiger partial charge in [-0.25, -0.2) is 0 Å². The molecule has 0 bridgehead atoms. The Morgan fingerprint density at radius 3 is 2.77 bits per heavy atom. The summed E-state index contributed by atoms with van der Waals surface area (Å²) in [4.78, 5) is 10.6. The van der Waals surface area contributed by atoms with Gasteiger partial charge in [-0.3, -0.25) is 4.79 Å². The van der Waals surface area contributed by atoms with Gasteiger partial charge in [-0.15, -0.1) is 0 Å². The molecule has 0 amide bonds. The predicted octanol–water partition coefficient (Wildman–Crippen LogP) is 2.26. The number of carboxylic acid groups (broad SMARTS) is 1. The Kier molecular flexibility index (Phi) is 3.07. The molecule has 0 heterocycles. The van der Waals surface area contributed by atoms with Gasteiger partial charge in [0, 0.05) is 0 Å². The van der Waals surface area contributed by atoms with Gasteiger partial charge in [0.2, 0.25) is 0 Å². The van der Waals surface area contributed by atoms with Gasteiger partial charge >= 0.3 is 5.97 Å². The van der Waals surface area contributed by atoms with Crippen LogP contribution in [0.15, 0.2) is 24.3 Å². The van der Waals surface area contributed by atoms with Crippen molar-refractivity contribution < 1.29 is 9.90 Å². The fourth-order valence-corrected chi connectivity index (χ4v) is 1.28. The van der Waals surface area contributed by atoms with Crippen molar-refractivity contribution in [2.75, 3.05) is 0 Å².